The lowest BCUT2D eigenvalue weighted by Crippen LogP contribution is -2.52. The molecule has 0 aromatic heterocycles. The lowest BCUT2D eigenvalue weighted by Gasteiger charge is -2.42. The quantitative estimate of drug-likeness (QED) is 0.810. The van der Waals surface area contributed by atoms with Gasteiger partial charge in [0.25, 0.3) is 0 Å². The van der Waals surface area contributed by atoms with Crippen molar-refractivity contribution >= 4 is 0 Å². The zero-order chi connectivity index (χ0) is 14.8. The molecule has 0 radical (unpaired) electrons. The van der Waals surface area contributed by atoms with Crippen molar-refractivity contribution in [3.05, 3.63) is 0 Å². The molecule has 20 heavy (non-hydrogen) atoms. The number of nitrogens with zero attached hydrogens (tertiary/aromatic N) is 2. The van der Waals surface area contributed by atoms with Gasteiger partial charge in [-0.1, -0.05) is 0 Å². The van der Waals surface area contributed by atoms with Crippen LogP contribution >= 0.6 is 0 Å². The van der Waals surface area contributed by atoms with Gasteiger partial charge in [-0.3, -0.25) is 10.2 Å². The SMILES string of the molecule is CC1CN(CCCC(C)(C#N)NC2CC2)CC(C)(C)O1. The first kappa shape index (κ1) is 15.8. The first-order valence-electron chi connectivity index (χ1n) is 7.91. The Labute approximate surface area is 123 Å². The number of nitriles is 1. The van der Waals surface area contributed by atoms with Crippen LogP contribution in [0.3, 0.4) is 0 Å². The van der Waals surface area contributed by atoms with Gasteiger partial charge < -0.3 is 4.74 Å². The van der Waals surface area contributed by atoms with Crippen molar-refractivity contribution in [3.63, 3.8) is 0 Å². The van der Waals surface area contributed by atoms with Crippen molar-refractivity contribution in [2.75, 3.05) is 19.6 Å². The van der Waals surface area contributed by atoms with Crippen LogP contribution in [0.25, 0.3) is 0 Å². The van der Waals surface area contributed by atoms with Gasteiger partial charge in [0, 0.05) is 19.1 Å². The Bertz CT molecular complexity index is 372. The van der Waals surface area contributed by atoms with Crippen molar-refractivity contribution in [2.24, 2.45) is 0 Å². The number of morpholine rings is 1. The first-order chi connectivity index (χ1) is 9.32. The molecule has 2 rings (SSSR count). The highest BCUT2D eigenvalue weighted by Gasteiger charge is 2.33. The third kappa shape index (κ3) is 4.73. The van der Waals surface area contributed by atoms with E-state index in [9.17, 15) is 5.26 Å². The van der Waals surface area contributed by atoms with Crippen LogP contribution in [0.4, 0.5) is 0 Å². The molecule has 2 fully saturated rings. The van der Waals surface area contributed by atoms with Crippen LogP contribution in [-0.2, 0) is 4.74 Å². The third-order valence-electron chi connectivity index (χ3n) is 4.14. The summed E-state index contributed by atoms with van der Waals surface area (Å²) in [5.41, 5.74) is -0.406. The predicted octanol–water partition coefficient (Wildman–Crippen LogP) is 2.30. The molecule has 4 heteroatoms. The average molecular weight is 279 g/mol. The van der Waals surface area contributed by atoms with Gasteiger partial charge in [-0.25, -0.2) is 0 Å². The Balaban J connectivity index is 1.75. The zero-order valence-corrected chi connectivity index (χ0v) is 13.4. The maximum absolute atomic E-state index is 9.38. The van der Waals surface area contributed by atoms with Crippen molar-refractivity contribution in [3.8, 4) is 6.07 Å². The van der Waals surface area contributed by atoms with Gasteiger partial charge in [-0.2, -0.15) is 5.26 Å². The monoisotopic (exact) mass is 279 g/mol. The van der Waals surface area contributed by atoms with E-state index < -0.39 is 0 Å². The minimum atomic E-state index is -0.353. The molecule has 0 spiro atoms. The van der Waals surface area contributed by atoms with Crippen LogP contribution in [0.1, 0.15) is 53.4 Å². The zero-order valence-electron chi connectivity index (χ0n) is 13.4. The fraction of sp³-hybridized carbons (Fsp3) is 0.938. The normalized spacial score (nSPS) is 29.6. The second kappa shape index (κ2) is 6.01. The molecular weight excluding hydrogens is 250 g/mol. The molecule has 4 nitrogen and oxygen atoms in total. The van der Waals surface area contributed by atoms with Crippen LogP contribution in [0.15, 0.2) is 0 Å². The van der Waals surface area contributed by atoms with Gasteiger partial charge in [0.1, 0.15) is 5.54 Å². The molecule has 2 unspecified atom stereocenters. The average Bonchev–Trinajstić information content (AvgIpc) is 3.10. The molecule has 0 aromatic carbocycles. The smallest absolute Gasteiger partial charge is 0.104 e. The lowest BCUT2D eigenvalue weighted by atomic mass is 9.96. The Morgan fingerprint density at radius 2 is 2.15 bits per heavy atom. The predicted molar refractivity (Wildman–Crippen MR) is 80.5 cm³/mol. The van der Waals surface area contributed by atoms with Crippen LogP contribution in [0.5, 0.6) is 0 Å². The van der Waals surface area contributed by atoms with Crippen LogP contribution in [0, 0.1) is 11.3 Å². The molecule has 1 saturated heterocycles. The Hall–Kier alpha value is -0.630. The number of rotatable bonds is 6. The van der Waals surface area contributed by atoms with Crippen molar-refractivity contribution in [1.29, 1.82) is 5.26 Å². The van der Waals surface area contributed by atoms with Gasteiger partial charge in [0.05, 0.1) is 17.8 Å². The van der Waals surface area contributed by atoms with Crippen molar-refractivity contribution in [2.45, 2.75) is 76.7 Å². The molecule has 1 saturated carbocycles. The maximum atomic E-state index is 9.38. The van der Waals surface area contributed by atoms with Crippen LogP contribution < -0.4 is 5.32 Å². The number of nitrogens with one attached hydrogen (secondary N) is 1. The summed E-state index contributed by atoms with van der Waals surface area (Å²) in [4.78, 5) is 2.48. The molecule has 1 heterocycles. The molecule has 1 aliphatic carbocycles. The van der Waals surface area contributed by atoms with E-state index >= 15 is 0 Å². The molecule has 0 aromatic rings. The Kier molecular flexibility index (Phi) is 4.73. The van der Waals surface area contributed by atoms with E-state index in [1.165, 1.54) is 12.8 Å². The van der Waals surface area contributed by atoms with E-state index in [-0.39, 0.29) is 11.1 Å². The van der Waals surface area contributed by atoms with E-state index in [0.717, 1.165) is 32.5 Å². The Morgan fingerprint density at radius 3 is 2.70 bits per heavy atom. The fourth-order valence-electron chi connectivity index (χ4n) is 3.25. The Morgan fingerprint density at radius 1 is 1.45 bits per heavy atom. The van der Waals surface area contributed by atoms with Gasteiger partial charge in [-0.05, 0) is 59.9 Å². The minimum Gasteiger partial charge on any atom is -0.370 e. The third-order valence-corrected chi connectivity index (χ3v) is 4.14. The molecule has 0 bridgehead atoms. The summed E-state index contributed by atoms with van der Waals surface area (Å²) in [6, 6.07) is 3.04. The minimum absolute atomic E-state index is 0.0531. The summed E-state index contributed by atoms with van der Waals surface area (Å²) in [5.74, 6) is 0. The molecule has 114 valence electrons. The van der Waals surface area contributed by atoms with E-state index in [0.29, 0.717) is 12.1 Å². The highest BCUT2D eigenvalue weighted by molar-refractivity contribution is 5.07. The molecule has 1 aliphatic heterocycles. The number of hydrogen-bond acceptors (Lipinski definition) is 4. The standard InChI is InChI=1S/C16H29N3O/c1-13-10-19(12-15(2,3)20-13)9-5-8-16(4,11-17)18-14-6-7-14/h13-14,18H,5-10,12H2,1-4H3. The summed E-state index contributed by atoms with van der Waals surface area (Å²) in [5, 5.41) is 12.9. The lowest BCUT2D eigenvalue weighted by molar-refractivity contribution is -0.128. The van der Waals surface area contributed by atoms with E-state index in [1.807, 2.05) is 6.92 Å². The molecule has 1 N–H and O–H groups in total. The molecular formula is C16H29N3O. The molecule has 2 atom stereocenters. The van der Waals surface area contributed by atoms with Crippen molar-refractivity contribution in [1.82, 2.24) is 10.2 Å². The molecule has 2 aliphatic rings. The number of ether oxygens (including phenoxy) is 1. The van der Waals surface area contributed by atoms with Gasteiger partial charge in [0.15, 0.2) is 0 Å². The largest absolute Gasteiger partial charge is 0.370 e. The second-order valence-corrected chi connectivity index (χ2v) is 7.39. The van der Waals surface area contributed by atoms with E-state index in [2.05, 4.69) is 37.1 Å². The van der Waals surface area contributed by atoms with Crippen LogP contribution in [0.2, 0.25) is 0 Å². The van der Waals surface area contributed by atoms with Gasteiger partial charge in [0.2, 0.25) is 0 Å². The molecule has 0 amide bonds. The topological polar surface area (TPSA) is 48.3 Å². The van der Waals surface area contributed by atoms with E-state index in [1.54, 1.807) is 0 Å². The summed E-state index contributed by atoms with van der Waals surface area (Å²) >= 11 is 0. The second-order valence-electron chi connectivity index (χ2n) is 7.39. The number of hydrogen-bond donors (Lipinski definition) is 1. The van der Waals surface area contributed by atoms with Crippen LogP contribution in [-0.4, -0.2) is 47.8 Å². The summed E-state index contributed by atoms with van der Waals surface area (Å²) in [6.45, 7) is 11.5. The summed E-state index contributed by atoms with van der Waals surface area (Å²) < 4.78 is 5.93. The van der Waals surface area contributed by atoms with E-state index in [4.69, 9.17) is 4.74 Å². The first-order valence-corrected chi connectivity index (χ1v) is 7.91. The highest BCUT2D eigenvalue weighted by Crippen LogP contribution is 2.25. The summed E-state index contributed by atoms with van der Waals surface area (Å²) in [6.07, 6.45) is 4.74. The van der Waals surface area contributed by atoms with Gasteiger partial charge >= 0.3 is 0 Å². The van der Waals surface area contributed by atoms with Gasteiger partial charge in [-0.15, -0.1) is 0 Å². The maximum Gasteiger partial charge on any atom is 0.104 e. The highest BCUT2D eigenvalue weighted by atomic mass is 16.5. The summed E-state index contributed by atoms with van der Waals surface area (Å²) in [7, 11) is 0. The fourth-order valence-corrected chi connectivity index (χ4v) is 3.25. The van der Waals surface area contributed by atoms with Crippen molar-refractivity contribution < 1.29 is 4.74 Å².